The van der Waals surface area contributed by atoms with E-state index < -0.39 is 8.07 Å². The van der Waals surface area contributed by atoms with Gasteiger partial charge in [-0.3, -0.25) is 4.90 Å². The van der Waals surface area contributed by atoms with Crippen molar-refractivity contribution in [2.24, 2.45) is 0 Å². The molecule has 2 aliphatic rings. The first-order valence-corrected chi connectivity index (χ1v) is 13.1. The number of hydrogen-bond acceptors (Lipinski definition) is 4. The second kappa shape index (κ2) is 8.09. The van der Waals surface area contributed by atoms with Gasteiger partial charge in [-0.1, -0.05) is 71.0 Å². The average Bonchev–Trinajstić information content (AvgIpc) is 3.28. The lowest BCUT2D eigenvalue weighted by Crippen LogP contribution is -2.57. The number of hydrogen-bond donors (Lipinski definition) is 0. The maximum atomic E-state index is 4.43. The Bertz CT molecular complexity index is 872. The van der Waals surface area contributed by atoms with Crippen LogP contribution in [0.25, 0.3) is 0 Å². The molecule has 2 saturated heterocycles. The topological polar surface area (TPSA) is 32.3 Å². The van der Waals surface area contributed by atoms with Crippen LogP contribution in [0, 0.1) is 0 Å². The molecule has 5 heteroatoms. The summed E-state index contributed by atoms with van der Waals surface area (Å²) in [5, 5.41) is 3.20. The molecule has 2 fully saturated rings. The predicted molar refractivity (Wildman–Crippen MR) is 122 cm³/mol. The average molecular weight is 401 g/mol. The van der Waals surface area contributed by atoms with Crippen molar-refractivity contribution in [3.63, 3.8) is 0 Å². The predicted octanol–water partition coefficient (Wildman–Crippen LogP) is 2.63. The highest BCUT2D eigenvalue weighted by atomic mass is 28.3. The molecule has 5 rings (SSSR count). The molecule has 3 aromatic rings. The molecule has 3 heterocycles. The first-order chi connectivity index (χ1) is 14.4. The summed E-state index contributed by atoms with van der Waals surface area (Å²) in [7, 11) is -1.69. The van der Waals surface area contributed by atoms with E-state index in [1.54, 1.807) is 10.4 Å². The Balaban J connectivity index is 1.34. The summed E-state index contributed by atoms with van der Waals surface area (Å²) < 4.78 is 0. The van der Waals surface area contributed by atoms with Gasteiger partial charge in [0.05, 0.1) is 0 Å². The molecule has 0 aliphatic carbocycles. The zero-order valence-electron chi connectivity index (χ0n) is 16.8. The Morgan fingerprint density at radius 1 is 0.724 bits per heavy atom. The zero-order valence-corrected chi connectivity index (χ0v) is 17.8. The molecule has 4 nitrogen and oxygen atoms in total. The van der Waals surface area contributed by atoms with Crippen LogP contribution in [0.5, 0.6) is 0 Å². The summed E-state index contributed by atoms with van der Waals surface area (Å²) >= 11 is 0. The lowest BCUT2D eigenvalue weighted by Gasteiger charge is -2.39. The van der Waals surface area contributed by atoms with Crippen molar-refractivity contribution >= 4 is 24.4 Å². The first-order valence-electron chi connectivity index (χ1n) is 10.7. The van der Waals surface area contributed by atoms with Gasteiger partial charge in [-0.15, -0.1) is 0 Å². The van der Waals surface area contributed by atoms with Crippen molar-refractivity contribution < 1.29 is 0 Å². The summed E-state index contributed by atoms with van der Waals surface area (Å²) in [6.45, 7) is 4.26. The molecule has 0 bridgehead atoms. The van der Waals surface area contributed by atoms with Gasteiger partial charge in [0.1, 0.15) is 8.07 Å². The third-order valence-electron chi connectivity index (χ3n) is 6.81. The number of aromatic nitrogens is 2. The second-order valence-electron chi connectivity index (χ2n) is 8.28. The van der Waals surface area contributed by atoms with Crippen molar-refractivity contribution in [1.29, 1.82) is 0 Å². The third kappa shape index (κ3) is 3.60. The third-order valence-corrected chi connectivity index (χ3v) is 12.0. The second-order valence-corrected chi connectivity index (χ2v) is 12.5. The van der Waals surface area contributed by atoms with Crippen LogP contribution in [0.3, 0.4) is 0 Å². The molecule has 0 saturated carbocycles. The fourth-order valence-corrected chi connectivity index (χ4v) is 10.6. The molecule has 2 aliphatic heterocycles. The van der Waals surface area contributed by atoms with Crippen LogP contribution in [-0.2, 0) is 0 Å². The van der Waals surface area contributed by atoms with E-state index in [4.69, 9.17) is 0 Å². The Morgan fingerprint density at radius 2 is 1.31 bits per heavy atom. The summed E-state index contributed by atoms with van der Waals surface area (Å²) in [5.74, 6) is 0.871. The summed E-state index contributed by atoms with van der Waals surface area (Å²) in [6, 6.07) is 28.0. The molecule has 1 aromatic heterocycles. The molecule has 1 atom stereocenters. The standard InChI is InChI=1S/C24H28N4Si/c1-3-8-22(9-4-1)29(23-10-5-2-6-11-23)19-12-21(20-29)27-15-17-28(18-16-27)24-25-13-7-14-26-24/h1-11,13-14,21H,12,15-20H2. The minimum absolute atomic E-state index is 0.695. The molecule has 0 amide bonds. The van der Waals surface area contributed by atoms with Crippen LogP contribution in [0.15, 0.2) is 79.1 Å². The van der Waals surface area contributed by atoms with Crippen molar-refractivity contribution in [2.75, 3.05) is 31.1 Å². The molecule has 148 valence electrons. The summed E-state index contributed by atoms with van der Waals surface area (Å²) in [4.78, 5) is 13.9. The van der Waals surface area contributed by atoms with Crippen LogP contribution in [0.4, 0.5) is 5.95 Å². The van der Waals surface area contributed by atoms with Gasteiger partial charge in [0, 0.05) is 44.6 Å². The van der Waals surface area contributed by atoms with E-state index in [9.17, 15) is 0 Å². The lowest BCUT2D eigenvalue weighted by molar-refractivity contribution is 0.197. The molecule has 0 N–H and O–H groups in total. The SMILES string of the molecule is c1ccc([Si]2(c3ccccc3)CCC(N3CCN(c4ncccn4)CC3)C2)cc1. The Hall–Kier alpha value is -2.50. The van der Waals surface area contributed by atoms with Gasteiger partial charge in [0.15, 0.2) is 0 Å². The summed E-state index contributed by atoms with van der Waals surface area (Å²) in [6.07, 6.45) is 4.99. The Labute approximate surface area is 174 Å². The largest absolute Gasteiger partial charge is 0.338 e. The van der Waals surface area contributed by atoms with Gasteiger partial charge in [-0.05, 0) is 24.6 Å². The normalized spacial score (nSPS) is 21.9. The minimum atomic E-state index is -1.69. The van der Waals surface area contributed by atoms with E-state index in [-0.39, 0.29) is 0 Å². The van der Waals surface area contributed by atoms with Gasteiger partial charge in [0.2, 0.25) is 5.95 Å². The van der Waals surface area contributed by atoms with Gasteiger partial charge in [-0.2, -0.15) is 0 Å². The fourth-order valence-electron chi connectivity index (χ4n) is 5.28. The molecule has 1 unspecified atom stereocenters. The van der Waals surface area contributed by atoms with Crippen molar-refractivity contribution in [1.82, 2.24) is 14.9 Å². The molecule has 0 spiro atoms. The molecule has 29 heavy (non-hydrogen) atoms. The highest BCUT2D eigenvalue weighted by Crippen LogP contribution is 2.34. The van der Waals surface area contributed by atoms with Crippen LogP contribution in [0.1, 0.15) is 6.42 Å². The van der Waals surface area contributed by atoms with Gasteiger partial charge < -0.3 is 4.90 Å². The number of benzene rings is 2. The number of rotatable bonds is 4. The molecular formula is C24H28N4Si. The van der Waals surface area contributed by atoms with Gasteiger partial charge >= 0.3 is 0 Å². The van der Waals surface area contributed by atoms with E-state index in [2.05, 4.69) is 80.4 Å². The first kappa shape index (κ1) is 18.5. The van der Waals surface area contributed by atoms with Crippen molar-refractivity contribution in [3.8, 4) is 0 Å². The van der Waals surface area contributed by atoms with Crippen molar-refractivity contribution in [3.05, 3.63) is 79.1 Å². The van der Waals surface area contributed by atoms with E-state index in [0.717, 1.165) is 32.1 Å². The molecular weight excluding hydrogens is 372 g/mol. The lowest BCUT2D eigenvalue weighted by atomic mass is 10.2. The fraction of sp³-hybridized carbons (Fsp3) is 0.333. The van der Waals surface area contributed by atoms with E-state index >= 15 is 0 Å². The molecule has 0 radical (unpaired) electrons. The van der Waals surface area contributed by atoms with E-state index in [1.807, 2.05) is 18.5 Å². The Kier molecular flexibility index (Phi) is 5.16. The highest BCUT2D eigenvalue weighted by Gasteiger charge is 2.46. The van der Waals surface area contributed by atoms with Crippen LogP contribution < -0.4 is 15.3 Å². The number of nitrogens with zero attached hydrogens (tertiary/aromatic N) is 4. The van der Waals surface area contributed by atoms with Crippen LogP contribution >= 0.6 is 0 Å². The van der Waals surface area contributed by atoms with Crippen molar-refractivity contribution in [2.45, 2.75) is 24.6 Å². The monoisotopic (exact) mass is 400 g/mol. The maximum absolute atomic E-state index is 4.43. The van der Waals surface area contributed by atoms with Gasteiger partial charge in [-0.25, -0.2) is 9.97 Å². The van der Waals surface area contributed by atoms with Gasteiger partial charge in [0.25, 0.3) is 0 Å². The van der Waals surface area contributed by atoms with E-state index in [0.29, 0.717) is 6.04 Å². The number of anilines is 1. The van der Waals surface area contributed by atoms with Crippen LogP contribution in [0.2, 0.25) is 12.1 Å². The zero-order chi connectivity index (χ0) is 19.5. The number of piperazine rings is 1. The van der Waals surface area contributed by atoms with E-state index in [1.165, 1.54) is 18.5 Å². The highest BCUT2D eigenvalue weighted by molar-refractivity contribution is 7.02. The smallest absolute Gasteiger partial charge is 0.225 e. The summed E-state index contributed by atoms with van der Waals surface area (Å²) in [5.41, 5.74) is 0. The quantitative estimate of drug-likeness (QED) is 0.630. The van der Waals surface area contributed by atoms with Crippen LogP contribution in [-0.4, -0.2) is 55.2 Å². The molecule has 2 aromatic carbocycles. The maximum Gasteiger partial charge on any atom is 0.225 e. The minimum Gasteiger partial charge on any atom is -0.338 e. The Morgan fingerprint density at radius 3 is 1.90 bits per heavy atom.